The highest BCUT2D eigenvalue weighted by Gasteiger charge is 2.33. The molecule has 0 spiro atoms. The molecule has 1 aromatic carbocycles. The van der Waals surface area contributed by atoms with Gasteiger partial charge in [0.2, 0.25) is 0 Å². The SMILES string of the molecule is COC(=O)[C@@H]1CC[C@H](C)N(C(=O)Nc2ccc(C)c(-c3ccccn3)c2)C1. The Morgan fingerprint density at radius 1 is 1.22 bits per heavy atom. The molecule has 0 saturated carbocycles. The Hall–Kier alpha value is -2.89. The lowest BCUT2D eigenvalue weighted by Gasteiger charge is -2.36. The fourth-order valence-electron chi connectivity index (χ4n) is 3.44. The van der Waals surface area contributed by atoms with Gasteiger partial charge in [-0.15, -0.1) is 0 Å². The van der Waals surface area contributed by atoms with Crippen molar-refractivity contribution in [1.29, 1.82) is 0 Å². The van der Waals surface area contributed by atoms with Gasteiger partial charge in [-0.05, 0) is 56.5 Å². The molecule has 3 rings (SSSR count). The molecule has 1 aromatic heterocycles. The monoisotopic (exact) mass is 367 g/mol. The Morgan fingerprint density at radius 2 is 2.04 bits per heavy atom. The number of carbonyl (C=O) groups is 2. The summed E-state index contributed by atoms with van der Waals surface area (Å²) >= 11 is 0. The number of aryl methyl sites for hydroxylation is 1. The van der Waals surface area contributed by atoms with Crippen LogP contribution in [0.2, 0.25) is 0 Å². The lowest BCUT2D eigenvalue weighted by molar-refractivity contribution is -0.147. The van der Waals surface area contributed by atoms with Crippen molar-refractivity contribution in [3.63, 3.8) is 0 Å². The molecule has 1 fully saturated rings. The number of carbonyl (C=O) groups excluding carboxylic acids is 2. The van der Waals surface area contributed by atoms with E-state index in [-0.39, 0.29) is 24.0 Å². The second-order valence-corrected chi connectivity index (χ2v) is 6.97. The molecule has 6 nitrogen and oxygen atoms in total. The highest BCUT2D eigenvalue weighted by Crippen LogP contribution is 2.27. The Kier molecular flexibility index (Phi) is 5.74. The van der Waals surface area contributed by atoms with Gasteiger partial charge < -0.3 is 15.0 Å². The van der Waals surface area contributed by atoms with Gasteiger partial charge in [0.1, 0.15) is 0 Å². The number of pyridine rings is 1. The van der Waals surface area contributed by atoms with E-state index in [9.17, 15) is 9.59 Å². The Bertz CT molecular complexity index is 823. The number of hydrogen-bond donors (Lipinski definition) is 1. The maximum absolute atomic E-state index is 12.8. The minimum atomic E-state index is -0.265. The van der Waals surface area contributed by atoms with Crippen molar-refractivity contribution in [2.24, 2.45) is 5.92 Å². The minimum Gasteiger partial charge on any atom is -0.469 e. The maximum Gasteiger partial charge on any atom is 0.322 e. The first-order valence-electron chi connectivity index (χ1n) is 9.17. The molecule has 0 radical (unpaired) electrons. The van der Waals surface area contributed by atoms with E-state index < -0.39 is 0 Å². The summed E-state index contributed by atoms with van der Waals surface area (Å²) in [5.74, 6) is -0.522. The van der Waals surface area contributed by atoms with Crippen LogP contribution in [0, 0.1) is 12.8 Å². The molecular weight excluding hydrogens is 342 g/mol. The van der Waals surface area contributed by atoms with Gasteiger partial charge in [0.15, 0.2) is 0 Å². The Balaban J connectivity index is 1.76. The number of likely N-dealkylation sites (tertiary alicyclic amines) is 1. The van der Waals surface area contributed by atoms with Gasteiger partial charge in [0, 0.05) is 30.0 Å². The summed E-state index contributed by atoms with van der Waals surface area (Å²) in [6.45, 7) is 4.39. The summed E-state index contributed by atoms with van der Waals surface area (Å²) < 4.78 is 4.84. The molecule has 2 aromatic rings. The van der Waals surface area contributed by atoms with E-state index in [0.29, 0.717) is 12.2 Å². The quantitative estimate of drug-likeness (QED) is 0.836. The number of piperidine rings is 1. The fraction of sp³-hybridized carbons (Fsp3) is 0.381. The second kappa shape index (κ2) is 8.20. The number of benzene rings is 1. The average molecular weight is 367 g/mol. The summed E-state index contributed by atoms with van der Waals surface area (Å²) in [4.78, 5) is 30.8. The molecule has 0 unspecified atom stereocenters. The van der Waals surface area contributed by atoms with Crippen molar-refractivity contribution in [2.45, 2.75) is 32.7 Å². The molecule has 6 heteroatoms. The highest BCUT2D eigenvalue weighted by molar-refractivity contribution is 5.91. The van der Waals surface area contributed by atoms with E-state index >= 15 is 0 Å². The van der Waals surface area contributed by atoms with Crippen LogP contribution in [0.5, 0.6) is 0 Å². The van der Waals surface area contributed by atoms with Crippen LogP contribution in [-0.2, 0) is 9.53 Å². The molecule has 1 aliphatic rings. The van der Waals surface area contributed by atoms with Gasteiger partial charge in [-0.25, -0.2) is 4.79 Å². The zero-order chi connectivity index (χ0) is 19.4. The van der Waals surface area contributed by atoms with E-state index in [0.717, 1.165) is 29.7 Å². The number of urea groups is 1. The number of methoxy groups -OCH3 is 1. The first-order chi connectivity index (χ1) is 13.0. The van der Waals surface area contributed by atoms with Crippen LogP contribution in [-0.4, -0.2) is 41.6 Å². The van der Waals surface area contributed by atoms with E-state index in [2.05, 4.69) is 10.3 Å². The number of rotatable bonds is 3. The first kappa shape index (κ1) is 18.9. The Labute approximate surface area is 159 Å². The Morgan fingerprint density at radius 3 is 2.74 bits per heavy atom. The van der Waals surface area contributed by atoms with Gasteiger partial charge in [-0.1, -0.05) is 12.1 Å². The molecule has 1 aliphatic heterocycles. The van der Waals surface area contributed by atoms with Crippen LogP contribution in [0.4, 0.5) is 10.5 Å². The van der Waals surface area contributed by atoms with Gasteiger partial charge >= 0.3 is 12.0 Å². The standard InChI is InChI=1S/C21H25N3O3/c1-14-7-10-17(12-18(14)19-6-4-5-11-22-19)23-21(26)24-13-16(20(25)27-3)9-8-15(24)2/h4-7,10-12,15-16H,8-9,13H2,1-3H3,(H,23,26)/t15-,16+/m0/s1. The number of hydrogen-bond acceptors (Lipinski definition) is 4. The third-order valence-corrected chi connectivity index (χ3v) is 5.11. The smallest absolute Gasteiger partial charge is 0.322 e. The minimum absolute atomic E-state index is 0.0756. The predicted octanol–water partition coefficient (Wildman–Crippen LogP) is 3.86. The molecule has 142 valence electrons. The van der Waals surface area contributed by atoms with Gasteiger partial charge in [-0.2, -0.15) is 0 Å². The van der Waals surface area contributed by atoms with Gasteiger partial charge in [0.25, 0.3) is 0 Å². The van der Waals surface area contributed by atoms with E-state index in [1.165, 1.54) is 7.11 Å². The summed E-state index contributed by atoms with van der Waals surface area (Å²) in [5, 5.41) is 2.96. The number of anilines is 1. The van der Waals surface area contributed by atoms with Crippen LogP contribution in [0.25, 0.3) is 11.3 Å². The molecule has 0 bridgehead atoms. The van der Waals surface area contributed by atoms with Crippen molar-refractivity contribution in [1.82, 2.24) is 9.88 Å². The van der Waals surface area contributed by atoms with E-state index in [1.807, 2.05) is 50.2 Å². The largest absolute Gasteiger partial charge is 0.469 e. The lowest BCUT2D eigenvalue weighted by Crippen LogP contribution is -2.49. The van der Waals surface area contributed by atoms with E-state index in [1.54, 1.807) is 11.1 Å². The van der Waals surface area contributed by atoms with Gasteiger partial charge in [0.05, 0.1) is 18.7 Å². The molecule has 2 atom stereocenters. The lowest BCUT2D eigenvalue weighted by atomic mass is 9.94. The van der Waals surface area contributed by atoms with E-state index in [4.69, 9.17) is 4.74 Å². The number of nitrogens with zero attached hydrogens (tertiary/aromatic N) is 2. The topological polar surface area (TPSA) is 71.5 Å². The summed E-state index contributed by atoms with van der Waals surface area (Å²) in [6, 6.07) is 11.4. The van der Waals surface area contributed by atoms with Crippen LogP contribution in [0.15, 0.2) is 42.6 Å². The summed E-state index contributed by atoms with van der Waals surface area (Å²) in [5.41, 5.74) is 3.64. The van der Waals surface area contributed by atoms with Crippen molar-refractivity contribution in [3.05, 3.63) is 48.2 Å². The van der Waals surface area contributed by atoms with Gasteiger partial charge in [-0.3, -0.25) is 9.78 Å². The van der Waals surface area contributed by atoms with Crippen molar-refractivity contribution in [3.8, 4) is 11.3 Å². The van der Waals surface area contributed by atoms with Crippen molar-refractivity contribution >= 4 is 17.7 Å². The summed E-state index contributed by atoms with van der Waals surface area (Å²) in [7, 11) is 1.39. The normalized spacial score (nSPS) is 19.4. The second-order valence-electron chi connectivity index (χ2n) is 6.97. The van der Waals surface area contributed by atoms with Crippen LogP contribution < -0.4 is 5.32 Å². The summed E-state index contributed by atoms with van der Waals surface area (Å²) in [6.07, 6.45) is 3.27. The van der Waals surface area contributed by atoms with Crippen molar-refractivity contribution in [2.75, 3.05) is 19.0 Å². The van der Waals surface area contributed by atoms with Crippen LogP contribution in [0.3, 0.4) is 0 Å². The number of nitrogens with one attached hydrogen (secondary N) is 1. The molecule has 2 heterocycles. The fourth-order valence-corrected chi connectivity index (χ4v) is 3.44. The first-order valence-corrected chi connectivity index (χ1v) is 9.17. The van der Waals surface area contributed by atoms with Crippen LogP contribution >= 0.6 is 0 Å². The van der Waals surface area contributed by atoms with Crippen LogP contribution in [0.1, 0.15) is 25.3 Å². The number of aromatic nitrogens is 1. The molecule has 1 saturated heterocycles. The average Bonchev–Trinajstić information content (AvgIpc) is 2.69. The zero-order valence-corrected chi connectivity index (χ0v) is 15.9. The molecule has 2 amide bonds. The molecule has 27 heavy (non-hydrogen) atoms. The molecular formula is C21H25N3O3. The zero-order valence-electron chi connectivity index (χ0n) is 15.9. The predicted molar refractivity (Wildman–Crippen MR) is 104 cm³/mol. The number of esters is 1. The third kappa shape index (κ3) is 4.27. The molecule has 0 aliphatic carbocycles. The van der Waals surface area contributed by atoms with Crippen molar-refractivity contribution < 1.29 is 14.3 Å². The highest BCUT2D eigenvalue weighted by atomic mass is 16.5. The maximum atomic E-state index is 12.8. The number of amides is 2. The molecule has 1 N–H and O–H groups in total. The number of ether oxygens (including phenoxy) is 1. The third-order valence-electron chi connectivity index (χ3n) is 5.11.